The normalized spacial score (nSPS) is 14.3. The number of nitrogens with zero attached hydrogens (tertiary/aromatic N) is 2. The molecule has 0 aliphatic carbocycles. The third-order valence-corrected chi connectivity index (χ3v) is 13.1. The first-order valence-corrected chi connectivity index (χ1v) is 22.2. The van der Waals surface area contributed by atoms with Crippen LogP contribution in [0.3, 0.4) is 0 Å². The van der Waals surface area contributed by atoms with E-state index in [4.69, 9.17) is 69.6 Å². The van der Waals surface area contributed by atoms with E-state index >= 15 is 0 Å². The Bertz CT molecular complexity index is 2160. The summed E-state index contributed by atoms with van der Waals surface area (Å²) < 4.78 is 0. The lowest BCUT2D eigenvalue weighted by Gasteiger charge is -2.17. The zero-order valence-corrected chi connectivity index (χ0v) is 37.1. The van der Waals surface area contributed by atoms with Gasteiger partial charge in [-0.05, 0) is 85.4 Å². The quantitative estimate of drug-likeness (QED) is 0.0861. The molecule has 59 heavy (non-hydrogen) atoms. The van der Waals surface area contributed by atoms with Crippen LogP contribution >= 0.6 is 81.4 Å². The minimum atomic E-state index is -0.289. The summed E-state index contributed by atoms with van der Waals surface area (Å²) in [4.78, 5) is 54.5. The molecule has 0 unspecified atom stereocenters. The molecule has 15 heteroatoms. The molecule has 2 heterocycles. The molecule has 2 aliphatic heterocycles. The van der Waals surface area contributed by atoms with Crippen LogP contribution in [0.2, 0.25) is 30.1 Å². The highest BCUT2D eigenvalue weighted by Crippen LogP contribution is 2.48. The highest BCUT2D eigenvalue weighted by molar-refractivity contribution is 7.99. The third kappa shape index (κ3) is 11.8. The molecule has 0 atom stereocenters. The van der Waals surface area contributed by atoms with Gasteiger partial charge in [0.25, 0.3) is 0 Å². The van der Waals surface area contributed by atoms with Gasteiger partial charge in [0, 0.05) is 116 Å². The van der Waals surface area contributed by atoms with Crippen LogP contribution in [0.1, 0.15) is 49.7 Å². The van der Waals surface area contributed by atoms with Crippen LogP contribution in [-0.2, 0) is 19.2 Å². The minimum absolute atomic E-state index is 0.156. The van der Waals surface area contributed by atoms with Gasteiger partial charge in [-0.2, -0.15) is 0 Å². The van der Waals surface area contributed by atoms with Crippen molar-refractivity contribution in [3.05, 3.63) is 114 Å². The van der Waals surface area contributed by atoms with Crippen LogP contribution in [0.4, 0.5) is 0 Å². The van der Waals surface area contributed by atoms with E-state index in [1.54, 1.807) is 48.6 Å². The molecule has 0 aromatic heterocycles. The van der Waals surface area contributed by atoms with Crippen LogP contribution in [0.5, 0.6) is 0 Å². The number of benzene rings is 4. The molecule has 2 fully saturated rings. The molecule has 0 spiro atoms. The van der Waals surface area contributed by atoms with Crippen LogP contribution in [0.25, 0.3) is 34.4 Å². The molecule has 2 N–H and O–H groups in total. The summed E-state index contributed by atoms with van der Waals surface area (Å²) in [5.41, 5.74) is 3.69. The Morgan fingerprint density at radius 1 is 0.610 bits per heavy atom. The molecule has 8 nitrogen and oxygen atoms in total. The standard InChI is InChI=1S/C44H40Cl6N4O4S/c45-29-11-13-31(33(47)25-29)41-27(9-17-37(55)51-19-3-23-53-21-1-5-39(53)57)7-15-35(43(41)49)59-36-16-8-28(42(44(36)50)32-14-12-30(46)26-34(32)48)10-18-38(56)52-20-4-24-54-22-2-6-40(54)58/h7-18,25-26H,1-6,19-24H2,(H,51,55)(H,52,56)/b17-9+,18-10+. The maximum Gasteiger partial charge on any atom is 0.244 e. The Kier molecular flexibility index (Phi) is 16.1. The van der Waals surface area contributed by atoms with Gasteiger partial charge in [-0.1, -0.05) is 106 Å². The molecule has 4 aromatic rings. The van der Waals surface area contributed by atoms with Crippen LogP contribution < -0.4 is 10.6 Å². The maximum atomic E-state index is 12.9. The first kappa shape index (κ1) is 44.9. The van der Waals surface area contributed by atoms with Gasteiger partial charge >= 0.3 is 0 Å². The number of amides is 4. The fraction of sp³-hybridized carbons (Fsp3) is 0.273. The number of halogens is 6. The van der Waals surface area contributed by atoms with E-state index in [1.807, 2.05) is 34.1 Å². The molecule has 4 aromatic carbocycles. The van der Waals surface area contributed by atoms with Gasteiger partial charge in [0.15, 0.2) is 0 Å². The molecular formula is C44H40Cl6N4O4S. The zero-order chi connectivity index (χ0) is 42.1. The summed E-state index contributed by atoms with van der Waals surface area (Å²) in [5.74, 6) is -0.267. The SMILES string of the molecule is O=C(/C=C/c1ccc(Sc2ccc(/C=C/C(=O)NCCCN3CCCC3=O)c(-c3ccc(Cl)cc3Cl)c2Cl)c(Cl)c1-c1ccc(Cl)cc1Cl)NCCCN1CCCC1=O. The molecule has 0 saturated carbocycles. The predicted octanol–water partition coefficient (Wildman–Crippen LogP) is 11.4. The fourth-order valence-corrected chi connectivity index (χ4v) is 9.60. The smallest absolute Gasteiger partial charge is 0.244 e. The first-order valence-electron chi connectivity index (χ1n) is 19.1. The van der Waals surface area contributed by atoms with Crippen molar-refractivity contribution in [1.29, 1.82) is 0 Å². The van der Waals surface area contributed by atoms with Crippen LogP contribution in [0, 0.1) is 0 Å². The van der Waals surface area contributed by atoms with E-state index in [9.17, 15) is 19.2 Å². The van der Waals surface area contributed by atoms with Crippen LogP contribution in [-0.4, -0.2) is 72.7 Å². The Labute approximate surface area is 378 Å². The highest BCUT2D eigenvalue weighted by Gasteiger charge is 2.22. The van der Waals surface area contributed by atoms with Crippen LogP contribution in [0.15, 0.2) is 82.6 Å². The van der Waals surface area contributed by atoms with Gasteiger partial charge in [-0.15, -0.1) is 0 Å². The summed E-state index contributed by atoms with van der Waals surface area (Å²) in [5, 5.41) is 8.16. The average Bonchev–Trinajstić information content (AvgIpc) is 3.82. The van der Waals surface area contributed by atoms with Gasteiger partial charge < -0.3 is 20.4 Å². The van der Waals surface area contributed by atoms with Crippen molar-refractivity contribution in [2.45, 2.75) is 48.3 Å². The van der Waals surface area contributed by atoms with E-state index in [0.717, 1.165) is 25.9 Å². The Morgan fingerprint density at radius 2 is 1.03 bits per heavy atom. The second-order valence-electron chi connectivity index (χ2n) is 14.0. The van der Waals surface area contributed by atoms with Crippen molar-refractivity contribution < 1.29 is 19.2 Å². The van der Waals surface area contributed by atoms with Crippen molar-refractivity contribution in [3.8, 4) is 22.3 Å². The first-order chi connectivity index (χ1) is 28.4. The van der Waals surface area contributed by atoms with E-state index in [1.165, 1.54) is 23.9 Å². The van der Waals surface area contributed by atoms with Crippen molar-refractivity contribution in [2.24, 2.45) is 0 Å². The molecule has 2 saturated heterocycles. The number of likely N-dealkylation sites (tertiary alicyclic amines) is 2. The lowest BCUT2D eigenvalue weighted by Crippen LogP contribution is -2.29. The summed E-state index contributed by atoms with van der Waals surface area (Å²) in [6, 6.07) is 17.6. The van der Waals surface area contributed by atoms with Crippen molar-refractivity contribution >= 4 is 117 Å². The number of hydrogen-bond acceptors (Lipinski definition) is 5. The summed E-state index contributed by atoms with van der Waals surface area (Å²) in [6.45, 7) is 3.58. The number of carbonyl (C=O) groups is 4. The lowest BCUT2D eigenvalue weighted by atomic mass is 9.99. The third-order valence-electron chi connectivity index (χ3n) is 9.88. The Morgan fingerprint density at radius 3 is 1.41 bits per heavy atom. The van der Waals surface area contributed by atoms with E-state index in [0.29, 0.717) is 125 Å². The molecule has 0 bridgehead atoms. The number of rotatable bonds is 16. The number of nitrogens with one attached hydrogen (secondary N) is 2. The zero-order valence-electron chi connectivity index (χ0n) is 31.8. The average molecular weight is 934 g/mol. The second kappa shape index (κ2) is 21.2. The minimum Gasteiger partial charge on any atom is -0.352 e. The van der Waals surface area contributed by atoms with Crippen molar-refractivity contribution in [3.63, 3.8) is 0 Å². The highest BCUT2D eigenvalue weighted by atomic mass is 35.5. The topological polar surface area (TPSA) is 98.8 Å². The maximum absolute atomic E-state index is 12.9. The number of hydrogen-bond donors (Lipinski definition) is 2. The molecule has 2 aliphatic rings. The Hall–Kier alpha value is -3.67. The van der Waals surface area contributed by atoms with Gasteiger partial charge in [-0.3, -0.25) is 19.2 Å². The molecule has 0 radical (unpaired) electrons. The molecule has 308 valence electrons. The van der Waals surface area contributed by atoms with E-state index in [2.05, 4.69) is 10.6 Å². The second-order valence-corrected chi connectivity index (χ2v) is 17.5. The molecule has 4 amide bonds. The van der Waals surface area contributed by atoms with Gasteiger partial charge in [0.1, 0.15) is 0 Å². The van der Waals surface area contributed by atoms with E-state index in [-0.39, 0.29) is 23.6 Å². The van der Waals surface area contributed by atoms with E-state index < -0.39 is 0 Å². The largest absolute Gasteiger partial charge is 0.352 e. The van der Waals surface area contributed by atoms with Gasteiger partial charge in [-0.25, -0.2) is 0 Å². The predicted molar refractivity (Wildman–Crippen MR) is 243 cm³/mol. The van der Waals surface area contributed by atoms with Gasteiger partial charge in [0.05, 0.1) is 10.0 Å². The number of carbonyl (C=O) groups excluding carboxylic acids is 4. The summed E-state index contributed by atoms with van der Waals surface area (Å²) in [7, 11) is 0. The lowest BCUT2D eigenvalue weighted by molar-refractivity contribution is -0.128. The molecule has 6 rings (SSSR count). The van der Waals surface area contributed by atoms with Gasteiger partial charge in [0.2, 0.25) is 23.6 Å². The Balaban J connectivity index is 1.25. The monoisotopic (exact) mass is 930 g/mol. The van der Waals surface area contributed by atoms with Crippen molar-refractivity contribution in [1.82, 2.24) is 20.4 Å². The molecular weight excluding hydrogens is 893 g/mol. The fourth-order valence-electron chi connectivity index (χ4n) is 6.92. The van der Waals surface area contributed by atoms with Crippen molar-refractivity contribution in [2.75, 3.05) is 39.3 Å². The summed E-state index contributed by atoms with van der Waals surface area (Å²) >= 11 is 41.8. The summed E-state index contributed by atoms with van der Waals surface area (Å²) in [6.07, 6.45) is 10.5.